The smallest absolute Gasteiger partial charge is 0.260 e. The molecule has 1 aromatic rings. The fourth-order valence-electron chi connectivity index (χ4n) is 1.14. The van der Waals surface area contributed by atoms with E-state index in [2.05, 4.69) is 10.4 Å². The Morgan fingerprint density at radius 3 is 3.00 bits per heavy atom. The van der Waals surface area contributed by atoms with E-state index in [0.29, 0.717) is 18.9 Å². The van der Waals surface area contributed by atoms with E-state index in [1.54, 1.807) is 38.2 Å². The number of aryl methyl sites for hydroxylation is 1. The van der Waals surface area contributed by atoms with Gasteiger partial charge in [-0.2, -0.15) is 5.10 Å². The van der Waals surface area contributed by atoms with E-state index < -0.39 is 6.10 Å². The summed E-state index contributed by atoms with van der Waals surface area (Å²) in [5.74, 6) is 0.415. The lowest BCUT2D eigenvalue weighted by Gasteiger charge is -2.12. The Balaban J connectivity index is 2.34. The molecule has 0 saturated heterocycles. The third kappa shape index (κ3) is 3.90. The van der Waals surface area contributed by atoms with Gasteiger partial charge >= 0.3 is 0 Å². The molecule has 1 rings (SSSR count). The predicted octanol–water partition coefficient (Wildman–Crippen LogP) is -0.0500. The monoisotopic (exact) mass is 227 g/mol. The second kappa shape index (κ2) is 6.12. The number of methoxy groups -OCH3 is 1. The van der Waals surface area contributed by atoms with E-state index in [0.717, 1.165) is 0 Å². The Morgan fingerprint density at radius 1 is 1.69 bits per heavy atom. The average Bonchev–Trinajstić information content (AvgIpc) is 2.64. The van der Waals surface area contributed by atoms with Crippen LogP contribution in [0, 0.1) is 0 Å². The average molecular weight is 227 g/mol. The van der Waals surface area contributed by atoms with Crippen LogP contribution in [0.1, 0.15) is 6.92 Å². The molecule has 0 aromatic carbocycles. The molecule has 0 aliphatic heterocycles. The number of carbonyl (C=O) groups excluding carboxylic acids is 1. The van der Waals surface area contributed by atoms with Crippen LogP contribution in [0.3, 0.4) is 0 Å². The summed E-state index contributed by atoms with van der Waals surface area (Å²) >= 11 is 0. The lowest BCUT2D eigenvalue weighted by atomic mass is 10.3. The zero-order valence-corrected chi connectivity index (χ0v) is 9.77. The topological polar surface area (TPSA) is 65.4 Å². The van der Waals surface area contributed by atoms with Crippen molar-refractivity contribution in [3.8, 4) is 5.75 Å². The van der Waals surface area contributed by atoms with Crippen molar-refractivity contribution >= 4 is 5.91 Å². The van der Waals surface area contributed by atoms with Crippen molar-refractivity contribution < 1.29 is 14.3 Å². The molecule has 0 saturated carbocycles. The number of amides is 1. The normalized spacial score (nSPS) is 12.2. The van der Waals surface area contributed by atoms with Gasteiger partial charge in [0, 0.05) is 20.7 Å². The predicted molar refractivity (Wildman–Crippen MR) is 58.2 cm³/mol. The number of rotatable bonds is 6. The summed E-state index contributed by atoms with van der Waals surface area (Å²) in [5.41, 5.74) is 0. The van der Waals surface area contributed by atoms with Crippen LogP contribution >= 0.6 is 0 Å². The van der Waals surface area contributed by atoms with E-state index in [4.69, 9.17) is 9.47 Å². The molecule has 0 fully saturated rings. The van der Waals surface area contributed by atoms with Crippen LogP contribution in [0.4, 0.5) is 0 Å². The summed E-state index contributed by atoms with van der Waals surface area (Å²) in [5, 5.41) is 6.64. The summed E-state index contributed by atoms with van der Waals surface area (Å²) < 4.78 is 11.8. The van der Waals surface area contributed by atoms with Gasteiger partial charge in [0.05, 0.1) is 19.0 Å². The third-order valence-electron chi connectivity index (χ3n) is 1.97. The summed E-state index contributed by atoms with van der Waals surface area (Å²) in [6.07, 6.45) is 2.73. The number of hydrogen-bond acceptors (Lipinski definition) is 4. The largest absolute Gasteiger partial charge is 0.478 e. The molecule has 6 nitrogen and oxygen atoms in total. The Morgan fingerprint density at radius 2 is 2.44 bits per heavy atom. The molecule has 1 N–H and O–H groups in total. The number of ether oxygens (including phenoxy) is 2. The molecule has 1 amide bonds. The van der Waals surface area contributed by atoms with Crippen LogP contribution < -0.4 is 10.1 Å². The highest BCUT2D eigenvalue weighted by Gasteiger charge is 2.14. The van der Waals surface area contributed by atoms with Gasteiger partial charge in [-0.1, -0.05) is 0 Å². The van der Waals surface area contributed by atoms with Gasteiger partial charge in [0.1, 0.15) is 0 Å². The number of aromatic nitrogens is 2. The highest BCUT2D eigenvalue weighted by molar-refractivity contribution is 5.80. The molecule has 1 unspecified atom stereocenters. The summed E-state index contributed by atoms with van der Waals surface area (Å²) in [4.78, 5) is 11.5. The van der Waals surface area contributed by atoms with Gasteiger partial charge in [-0.05, 0) is 6.92 Å². The molecule has 1 aromatic heterocycles. The van der Waals surface area contributed by atoms with Crippen molar-refractivity contribution in [1.29, 1.82) is 0 Å². The van der Waals surface area contributed by atoms with Gasteiger partial charge in [0.2, 0.25) is 0 Å². The second-order valence-electron chi connectivity index (χ2n) is 3.39. The summed E-state index contributed by atoms with van der Waals surface area (Å²) in [7, 11) is 3.37. The van der Waals surface area contributed by atoms with E-state index in [1.165, 1.54) is 0 Å². The van der Waals surface area contributed by atoms with Crippen molar-refractivity contribution in [3.05, 3.63) is 12.4 Å². The highest BCUT2D eigenvalue weighted by atomic mass is 16.5. The molecule has 0 aliphatic rings. The van der Waals surface area contributed by atoms with E-state index in [9.17, 15) is 4.79 Å². The molecule has 6 heteroatoms. The van der Waals surface area contributed by atoms with Crippen molar-refractivity contribution in [2.24, 2.45) is 7.05 Å². The van der Waals surface area contributed by atoms with Crippen LogP contribution in [-0.4, -0.2) is 42.1 Å². The van der Waals surface area contributed by atoms with Crippen LogP contribution in [0.5, 0.6) is 5.75 Å². The molecule has 1 atom stereocenters. The van der Waals surface area contributed by atoms with Crippen LogP contribution in [0.25, 0.3) is 0 Å². The van der Waals surface area contributed by atoms with Gasteiger partial charge in [0.15, 0.2) is 11.9 Å². The number of carbonyl (C=O) groups is 1. The molecule has 90 valence electrons. The standard InChI is InChI=1S/C10H17N3O3/c1-8(10(14)11-4-5-15-3)16-9-6-12-13(2)7-9/h6-8H,4-5H2,1-3H3,(H,11,14). The van der Waals surface area contributed by atoms with Gasteiger partial charge in [-0.3, -0.25) is 9.48 Å². The Kier molecular flexibility index (Phi) is 4.78. The van der Waals surface area contributed by atoms with Crippen LogP contribution in [0.2, 0.25) is 0 Å². The minimum Gasteiger partial charge on any atom is -0.478 e. The Hall–Kier alpha value is -1.56. The van der Waals surface area contributed by atoms with E-state index in [-0.39, 0.29) is 5.91 Å². The maximum Gasteiger partial charge on any atom is 0.260 e. The fraction of sp³-hybridized carbons (Fsp3) is 0.600. The minimum atomic E-state index is -0.541. The second-order valence-corrected chi connectivity index (χ2v) is 3.39. The van der Waals surface area contributed by atoms with Crippen molar-refractivity contribution in [3.63, 3.8) is 0 Å². The molecular formula is C10H17N3O3. The van der Waals surface area contributed by atoms with Gasteiger partial charge in [-0.25, -0.2) is 0 Å². The fourth-order valence-corrected chi connectivity index (χ4v) is 1.14. The SMILES string of the molecule is COCCNC(=O)C(C)Oc1cnn(C)c1. The van der Waals surface area contributed by atoms with Crippen LogP contribution in [0.15, 0.2) is 12.4 Å². The molecule has 1 heterocycles. The van der Waals surface area contributed by atoms with Crippen LogP contribution in [-0.2, 0) is 16.6 Å². The lowest BCUT2D eigenvalue weighted by Crippen LogP contribution is -2.37. The Labute approximate surface area is 94.5 Å². The number of hydrogen-bond donors (Lipinski definition) is 1. The quantitative estimate of drug-likeness (QED) is 0.692. The Bertz CT molecular complexity index is 338. The van der Waals surface area contributed by atoms with E-state index >= 15 is 0 Å². The maximum absolute atomic E-state index is 11.5. The summed E-state index contributed by atoms with van der Waals surface area (Å²) in [6.45, 7) is 2.66. The third-order valence-corrected chi connectivity index (χ3v) is 1.97. The molecule has 16 heavy (non-hydrogen) atoms. The minimum absolute atomic E-state index is 0.166. The molecule has 0 aliphatic carbocycles. The van der Waals surface area contributed by atoms with Gasteiger partial charge in [0.25, 0.3) is 5.91 Å². The van der Waals surface area contributed by atoms with Gasteiger partial charge < -0.3 is 14.8 Å². The first kappa shape index (κ1) is 12.5. The first-order valence-electron chi connectivity index (χ1n) is 5.05. The molecular weight excluding hydrogens is 210 g/mol. The van der Waals surface area contributed by atoms with Crippen molar-refractivity contribution in [2.75, 3.05) is 20.3 Å². The first-order valence-corrected chi connectivity index (χ1v) is 5.05. The summed E-state index contributed by atoms with van der Waals surface area (Å²) in [6, 6.07) is 0. The highest BCUT2D eigenvalue weighted by Crippen LogP contribution is 2.09. The van der Waals surface area contributed by atoms with Gasteiger partial charge in [-0.15, -0.1) is 0 Å². The number of nitrogens with one attached hydrogen (secondary N) is 1. The lowest BCUT2D eigenvalue weighted by molar-refractivity contribution is -0.127. The van der Waals surface area contributed by atoms with E-state index in [1.807, 2.05) is 0 Å². The zero-order chi connectivity index (χ0) is 12.0. The van der Waals surface area contributed by atoms with Crippen molar-refractivity contribution in [1.82, 2.24) is 15.1 Å². The molecule has 0 bridgehead atoms. The zero-order valence-electron chi connectivity index (χ0n) is 9.77. The molecule has 0 radical (unpaired) electrons. The van der Waals surface area contributed by atoms with Crippen molar-refractivity contribution in [2.45, 2.75) is 13.0 Å². The molecule has 0 spiro atoms. The number of nitrogens with zero attached hydrogens (tertiary/aromatic N) is 2. The first-order chi connectivity index (χ1) is 7.63. The maximum atomic E-state index is 11.5.